The molecule has 3 heterocycles. The summed E-state index contributed by atoms with van der Waals surface area (Å²) in [7, 11) is 1.62. The lowest BCUT2D eigenvalue weighted by Crippen LogP contribution is -2.45. The van der Waals surface area contributed by atoms with E-state index in [1.54, 1.807) is 13.2 Å². The van der Waals surface area contributed by atoms with Crippen LogP contribution < -0.4 is 0 Å². The lowest BCUT2D eigenvalue weighted by molar-refractivity contribution is -0.241. The Morgan fingerprint density at radius 2 is 2.00 bits per heavy atom. The highest BCUT2D eigenvalue weighted by molar-refractivity contribution is 5.02. The minimum absolute atomic E-state index is 0.258. The number of aliphatic hydroxyl groups is 1. The first-order valence-electron chi connectivity index (χ1n) is 6.54. The van der Waals surface area contributed by atoms with Gasteiger partial charge in [0, 0.05) is 7.11 Å². The normalized spacial score (nSPS) is 48.4. The van der Waals surface area contributed by atoms with Crippen LogP contribution in [0.5, 0.6) is 0 Å². The first-order chi connectivity index (χ1) is 9.00. The summed E-state index contributed by atoms with van der Waals surface area (Å²) >= 11 is 0. The molecule has 0 aromatic rings. The molecule has 1 N–H and O–H groups in total. The van der Waals surface area contributed by atoms with E-state index in [9.17, 15) is 5.11 Å². The van der Waals surface area contributed by atoms with Gasteiger partial charge < -0.3 is 28.8 Å². The third kappa shape index (κ3) is 2.44. The summed E-state index contributed by atoms with van der Waals surface area (Å²) in [5.41, 5.74) is 0. The van der Waals surface area contributed by atoms with Crippen molar-refractivity contribution in [3.8, 4) is 0 Å². The maximum Gasteiger partial charge on any atom is 0.190 e. The summed E-state index contributed by atoms with van der Waals surface area (Å²) in [6.07, 6.45) is 1.73. The second-order valence-electron chi connectivity index (χ2n) is 5.50. The lowest BCUT2D eigenvalue weighted by atomic mass is 10.0. The van der Waals surface area contributed by atoms with Gasteiger partial charge in [0.25, 0.3) is 0 Å². The van der Waals surface area contributed by atoms with Crippen molar-refractivity contribution in [3.05, 3.63) is 12.2 Å². The van der Waals surface area contributed by atoms with Crippen LogP contribution in [0.2, 0.25) is 0 Å². The van der Waals surface area contributed by atoms with Crippen LogP contribution in [0.25, 0.3) is 0 Å². The molecular formula is C13H20O6. The third-order valence-electron chi connectivity index (χ3n) is 3.65. The highest BCUT2D eigenvalue weighted by Crippen LogP contribution is 2.40. The molecule has 0 bridgehead atoms. The Hall–Kier alpha value is -0.500. The first kappa shape index (κ1) is 13.5. The van der Waals surface area contributed by atoms with E-state index in [-0.39, 0.29) is 24.4 Å². The molecular weight excluding hydrogens is 252 g/mol. The number of fused-ring (bicyclic) bond motifs is 1. The molecule has 6 heteroatoms. The first-order valence-corrected chi connectivity index (χ1v) is 6.54. The molecule has 3 rings (SSSR count). The Labute approximate surface area is 112 Å². The van der Waals surface area contributed by atoms with Gasteiger partial charge in [-0.2, -0.15) is 0 Å². The highest BCUT2D eigenvalue weighted by atomic mass is 16.8. The number of methoxy groups -OCH3 is 1. The van der Waals surface area contributed by atoms with Gasteiger partial charge in [-0.05, 0) is 26.3 Å². The highest BCUT2D eigenvalue weighted by Gasteiger charge is 2.57. The van der Waals surface area contributed by atoms with Crippen LogP contribution in [0.15, 0.2) is 12.2 Å². The summed E-state index contributed by atoms with van der Waals surface area (Å²) in [6, 6.07) is 0. The fourth-order valence-electron chi connectivity index (χ4n) is 2.89. The smallest absolute Gasteiger partial charge is 0.190 e. The zero-order chi connectivity index (χ0) is 13.6. The van der Waals surface area contributed by atoms with Crippen LogP contribution in [0.3, 0.4) is 0 Å². The van der Waals surface area contributed by atoms with E-state index in [4.69, 9.17) is 23.7 Å². The number of hydrogen-bond acceptors (Lipinski definition) is 6. The SMILES string of the molecule is CO[C@@H]1[C@H]2OC(C)(C)O[C@H]2O[C@@H]1[C@H]1CC=CC(O)O1. The Bertz CT molecular complexity index is 368. The van der Waals surface area contributed by atoms with E-state index < -0.39 is 18.4 Å². The zero-order valence-corrected chi connectivity index (χ0v) is 11.3. The maximum atomic E-state index is 9.52. The average Bonchev–Trinajstić information content (AvgIpc) is 2.80. The molecule has 2 fully saturated rings. The summed E-state index contributed by atoms with van der Waals surface area (Å²) in [4.78, 5) is 0. The van der Waals surface area contributed by atoms with Crippen molar-refractivity contribution in [2.24, 2.45) is 0 Å². The maximum absolute atomic E-state index is 9.52. The van der Waals surface area contributed by atoms with Crippen molar-refractivity contribution >= 4 is 0 Å². The van der Waals surface area contributed by atoms with Crippen molar-refractivity contribution in [1.29, 1.82) is 0 Å². The minimum Gasteiger partial charge on any atom is -0.376 e. The molecule has 0 aromatic heterocycles. The van der Waals surface area contributed by atoms with Crippen molar-refractivity contribution in [2.75, 3.05) is 7.11 Å². The summed E-state index contributed by atoms with van der Waals surface area (Å²) in [5.74, 6) is -0.663. The van der Waals surface area contributed by atoms with E-state index in [0.29, 0.717) is 6.42 Å². The average molecular weight is 272 g/mol. The van der Waals surface area contributed by atoms with Gasteiger partial charge in [-0.25, -0.2) is 0 Å². The van der Waals surface area contributed by atoms with Crippen molar-refractivity contribution < 1.29 is 28.8 Å². The predicted molar refractivity (Wildman–Crippen MR) is 64.1 cm³/mol. The number of rotatable bonds is 2. The fourth-order valence-corrected chi connectivity index (χ4v) is 2.89. The number of hydrogen-bond donors (Lipinski definition) is 1. The van der Waals surface area contributed by atoms with Gasteiger partial charge in [0.2, 0.25) is 0 Å². The number of ether oxygens (including phenoxy) is 5. The summed E-state index contributed by atoms with van der Waals surface area (Å²) < 4.78 is 28.4. The minimum atomic E-state index is -0.890. The van der Waals surface area contributed by atoms with Crippen LogP contribution in [0.1, 0.15) is 20.3 Å². The van der Waals surface area contributed by atoms with Crippen LogP contribution in [0, 0.1) is 0 Å². The molecule has 2 saturated heterocycles. The predicted octanol–water partition coefficient (Wildman–Crippen LogP) is 0.541. The van der Waals surface area contributed by atoms with Crippen LogP contribution >= 0.6 is 0 Å². The largest absolute Gasteiger partial charge is 0.376 e. The molecule has 6 nitrogen and oxygen atoms in total. The van der Waals surface area contributed by atoms with Gasteiger partial charge in [0.1, 0.15) is 18.3 Å². The van der Waals surface area contributed by atoms with E-state index in [2.05, 4.69) is 0 Å². The van der Waals surface area contributed by atoms with Gasteiger partial charge >= 0.3 is 0 Å². The molecule has 0 radical (unpaired) electrons. The van der Waals surface area contributed by atoms with Crippen LogP contribution in [0.4, 0.5) is 0 Å². The van der Waals surface area contributed by atoms with Gasteiger partial charge in [0.15, 0.2) is 18.4 Å². The topological polar surface area (TPSA) is 66.4 Å². The molecule has 0 saturated carbocycles. The second-order valence-corrected chi connectivity index (χ2v) is 5.50. The standard InChI is InChI=1S/C13H20O6/c1-13(2)18-11-10(15-3)9(17-12(11)19-13)7-5-4-6-8(14)16-7/h4,6-12,14H,5H2,1-3H3/t7-,8?,9-,10+,11-,12-/m1/s1. The molecule has 108 valence electrons. The Morgan fingerprint density at radius 1 is 1.21 bits per heavy atom. The Morgan fingerprint density at radius 3 is 2.68 bits per heavy atom. The lowest BCUT2D eigenvalue weighted by Gasteiger charge is -2.32. The monoisotopic (exact) mass is 272 g/mol. The quantitative estimate of drug-likeness (QED) is 0.740. The fraction of sp³-hybridized carbons (Fsp3) is 0.846. The number of aliphatic hydroxyl groups excluding tert-OH is 1. The molecule has 3 aliphatic heterocycles. The van der Waals surface area contributed by atoms with E-state index in [0.717, 1.165) is 0 Å². The van der Waals surface area contributed by atoms with E-state index in [1.165, 1.54) is 0 Å². The molecule has 6 atom stereocenters. The van der Waals surface area contributed by atoms with Crippen LogP contribution in [-0.4, -0.2) is 55.0 Å². The zero-order valence-electron chi connectivity index (χ0n) is 11.3. The molecule has 1 unspecified atom stereocenters. The van der Waals surface area contributed by atoms with Crippen LogP contribution in [-0.2, 0) is 23.7 Å². The third-order valence-corrected chi connectivity index (χ3v) is 3.65. The van der Waals surface area contributed by atoms with Crippen molar-refractivity contribution in [2.45, 2.75) is 63.1 Å². The molecule has 0 amide bonds. The van der Waals surface area contributed by atoms with Gasteiger partial charge in [-0.1, -0.05) is 6.08 Å². The Kier molecular flexibility index (Phi) is 3.41. The van der Waals surface area contributed by atoms with Gasteiger partial charge in [0.05, 0.1) is 6.10 Å². The van der Waals surface area contributed by atoms with Crippen molar-refractivity contribution in [3.63, 3.8) is 0 Å². The molecule has 0 aromatic carbocycles. The molecule has 0 aliphatic carbocycles. The summed E-state index contributed by atoms with van der Waals surface area (Å²) in [6.45, 7) is 3.69. The molecule has 19 heavy (non-hydrogen) atoms. The van der Waals surface area contributed by atoms with Gasteiger partial charge in [-0.15, -0.1) is 0 Å². The Balaban J connectivity index is 1.73. The van der Waals surface area contributed by atoms with Crippen molar-refractivity contribution in [1.82, 2.24) is 0 Å². The second kappa shape index (κ2) is 4.80. The summed E-state index contributed by atoms with van der Waals surface area (Å²) in [5, 5.41) is 9.52. The van der Waals surface area contributed by atoms with Gasteiger partial charge in [-0.3, -0.25) is 0 Å². The molecule has 0 spiro atoms. The molecule has 3 aliphatic rings. The van der Waals surface area contributed by atoms with E-state index >= 15 is 0 Å². The van der Waals surface area contributed by atoms with E-state index in [1.807, 2.05) is 19.9 Å².